The minimum Gasteiger partial charge on any atom is -0.476 e. The summed E-state index contributed by atoms with van der Waals surface area (Å²) in [6.45, 7) is 1.96. The topological polar surface area (TPSA) is 102 Å². The molecule has 0 saturated carbocycles. The Balaban J connectivity index is 1.43. The first-order valence-electron chi connectivity index (χ1n) is 10.6. The Morgan fingerprint density at radius 1 is 1.09 bits per heavy atom. The standard InChI is InChI=1S/C25H24ClN7O/c1-28-25-21-15-30-23(27)13-20(21)18(14-31-25)6-7-19-12-17(8-9-29-19)16-33(2)10-11-34-24-5-3-4-22(26)32-24/h3-5,8-9,12-15H,10-11,16H2,1-2H3,(H2,27,30)(H,28,31). The molecule has 0 saturated heterocycles. The second-order valence-corrected chi connectivity index (χ2v) is 8.00. The SMILES string of the molecule is CNc1ncc(C#Cc2cc(CN(C)CCOc3cccc(Cl)n3)ccn2)c2cc(N)ncc12. The lowest BCUT2D eigenvalue weighted by Gasteiger charge is -2.16. The average Bonchev–Trinajstić information content (AvgIpc) is 2.82. The quantitative estimate of drug-likeness (QED) is 0.310. The number of pyridine rings is 4. The highest BCUT2D eigenvalue weighted by Gasteiger charge is 2.07. The second kappa shape index (κ2) is 10.8. The van der Waals surface area contributed by atoms with Crippen LogP contribution in [0.2, 0.25) is 5.15 Å². The zero-order valence-corrected chi connectivity index (χ0v) is 19.7. The summed E-state index contributed by atoms with van der Waals surface area (Å²) in [5.74, 6) is 8.01. The lowest BCUT2D eigenvalue weighted by Crippen LogP contribution is -2.24. The first-order chi connectivity index (χ1) is 16.5. The van der Waals surface area contributed by atoms with E-state index < -0.39 is 0 Å². The zero-order valence-electron chi connectivity index (χ0n) is 18.9. The van der Waals surface area contributed by atoms with Crippen LogP contribution >= 0.6 is 11.6 Å². The van der Waals surface area contributed by atoms with Gasteiger partial charge in [0.05, 0.1) is 5.56 Å². The minimum absolute atomic E-state index is 0.415. The Labute approximate surface area is 203 Å². The molecule has 4 aromatic heterocycles. The summed E-state index contributed by atoms with van der Waals surface area (Å²) in [7, 11) is 3.84. The van der Waals surface area contributed by atoms with Gasteiger partial charge in [-0.05, 0) is 42.8 Å². The van der Waals surface area contributed by atoms with Crippen molar-refractivity contribution < 1.29 is 4.74 Å². The van der Waals surface area contributed by atoms with Gasteiger partial charge in [0.25, 0.3) is 0 Å². The van der Waals surface area contributed by atoms with E-state index in [-0.39, 0.29) is 0 Å². The van der Waals surface area contributed by atoms with Crippen LogP contribution in [0.4, 0.5) is 11.6 Å². The van der Waals surface area contributed by atoms with Gasteiger partial charge < -0.3 is 15.8 Å². The van der Waals surface area contributed by atoms with E-state index in [1.807, 2.05) is 38.4 Å². The van der Waals surface area contributed by atoms with Crippen LogP contribution < -0.4 is 15.8 Å². The first kappa shape index (κ1) is 23.2. The highest BCUT2D eigenvalue weighted by atomic mass is 35.5. The molecular formula is C25H24ClN7O. The third-order valence-corrected chi connectivity index (χ3v) is 5.26. The maximum absolute atomic E-state index is 5.90. The van der Waals surface area contributed by atoms with E-state index in [0.717, 1.165) is 40.8 Å². The van der Waals surface area contributed by atoms with Gasteiger partial charge in [0.1, 0.15) is 29.1 Å². The molecule has 0 aliphatic rings. The van der Waals surface area contributed by atoms with Crippen LogP contribution in [0, 0.1) is 11.8 Å². The van der Waals surface area contributed by atoms with E-state index in [1.54, 1.807) is 30.7 Å². The molecule has 0 spiro atoms. The van der Waals surface area contributed by atoms with Gasteiger partial charge in [-0.25, -0.2) is 19.9 Å². The maximum Gasteiger partial charge on any atom is 0.214 e. The van der Waals surface area contributed by atoms with Crippen LogP contribution in [0.1, 0.15) is 16.8 Å². The van der Waals surface area contributed by atoms with Crippen LogP contribution in [0.15, 0.2) is 55.0 Å². The molecular weight excluding hydrogens is 450 g/mol. The number of ether oxygens (including phenoxy) is 1. The number of nitrogen functional groups attached to an aromatic ring is 1. The molecule has 4 aromatic rings. The molecule has 0 bridgehead atoms. The van der Waals surface area contributed by atoms with E-state index in [4.69, 9.17) is 22.1 Å². The summed E-state index contributed by atoms with van der Waals surface area (Å²) >= 11 is 5.89. The molecule has 0 radical (unpaired) electrons. The van der Waals surface area contributed by atoms with Gasteiger partial charge in [-0.2, -0.15) is 0 Å². The molecule has 0 unspecified atom stereocenters. The Kier molecular flexibility index (Phi) is 7.38. The number of likely N-dealkylation sites (N-methyl/N-ethyl adjacent to an activating group) is 1. The molecule has 0 amide bonds. The summed E-state index contributed by atoms with van der Waals surface area (Å²) < 4.78 is 5.67. The second-order valence-electron chi connectivity index (χ2n) is 7.61. The summed E-state index contributed by atoms with van der Waals surface area (Å²) in [6.07, 6.45) is 5.20. The molecule has 4 rings (SSSR count). The van der Waals surface area contributed by atoms with Crippen molar-refractivity contribution in [2.45, 2.75) is 6.54 Å². The predicted octanol–water partition coefficient (Wildman–Crippen LogP) is 3.61. The highest BCUT2D eigenvalue weighted by molar-refractivity contribution is 6.29. The van der Waals surface area contributed by atoms with E-state index in [0.29, 0.717) is 29.2 Å². The molecule has 172 valence electrons. The number of aromatic nitrogens is 4. The summed E-state index contributed by atoms with van der Waals surface area (Å²) in [5, 5.41) is 5.24. The summed E-state index contributed by atoms with van der Waals surface area (Å²) in [4.78, 5) is 19.3. The number of nitrogens with two attached hydrogens (primary N) is 1. The van der Waals surface area contributed by atoms with Crippen LogP contribution in [-0.2, 0) is 6.54 Å². The molecule has 0 aliphatic heterocycles. The van der Waals surface area contributed by atoms with Crippen LogP contribution in [-0.4, -0.2) is 52.1 Å². The first-order valence-corrected chi connectivity index (χ1v) is 11.0. The zero-order chi connectivity index (χ0) is 23.9. The van der Waals surface area contributed by atoms with Crippen molar-refractivity contribution in [1.82, 2.24) is 24.8 Å². The maximum atomic E-state index is 5.90. The lowest BCUT2D eigenvalue weighted by molar-refractivity contribution is 0.227. The van der Waals surface area contributed by atoms with Crippen LogP contribution in [0.25, 0.3) is 10.8 Å². The molecule has 0 atom stereocenters. The largest absolute Gasteiger partial charge is 0.476 e. The monoisotopic (exact) mass is 473 g/mol. The van der Waals surface area contributed by atoms with Gasteiger partial charge in [-0.3, -0.25) is 4.90 Å². The van der Waals surface area contributed by atoms with E-state index in [9.17, 15) is 0 Å². The van der Waals surface area contributed by atoms with Crippen molar-refractivity contribution in [2.75, 3.05) is 38.3 Å². The Morgan fingerprint density at radius 3 is 2.79 bits per heavy atom. The predicted molar refractivity (Wildman–Crippen MR) is 135 cm³/mol. The number of rotatable bonds is 7. The molecule has 8 nitrogen and oxygen atoms in total. The molecule has 0 fully saturated rings. The van der Waals surface area contributed by atoms with Crippen molar-refractivity contribution in [3.63, 3.8) is 0 Å². The Bertz CT molecular complexity index is 1370. The normalized spacial score (nSPS) is 10.7. The minimum atomic E-state index is 0.415. The van der Waals surface area contributed by atoms with Gasteiger partial charge in [0.2, 0.25) is 5.88 Å². The van der Waals surface area contributed by atoms with E-state index in [2.05, 4.69) is 42.0 Å². The third-order valence-electron chi connectivity index (χ3n) is 5.04. The number of hydrogen-bond donors (Lipinski definition) is 2. The third kappa shape index (κ3) is 5.90. The fourth-order valence-electron chi connectivity index (χ4n) is 3.39. The molecule has 0 aromatic carbocycles. The van der Waals surface area contributed by atoms with Crippen LogP contribution in [0.5, 0.6) is 5.88 Å². The highest BCUT2D eigenvalue weighted by Crippen LogP contribution is 2.24. The smallest absolute Gasteiger partial charge is 0.214 e. The number of anilines is 2. The van der Waals surface area contributed by atoms with Crippen molar-refractivity contribution >= 4 is 34.0 Å². The Hall–Kier alpha value is -3.93. The number of halogens is 1. The van der Waals surface area contributed by atoms with Crippen molar-refractivity contribution in [1.29, 1.82) is 0 Å². The van der Waals surface area contributed by atoms with Crippen molar-refractivity contribution in [2.24, 2.45) is 0 Å². The molecule has 0 aliphatic carbocycles. The van der Waals surface area contributed by atoms with Gasteiger partial charge in [0.15, 0.2) is 0 Å². The molecule has 3 N–H and O–H groups in total. The fourth-order valence-corrected chi connectivity index (χ4v) is 3.55. The molecule has 4 heterocycles. The number of nitrogens with one attached hydrogen (secondary N) is 1. The fraction of sp³-hybridized carbons (Fsp3) is 0.200. The van der Waals surface area contributed by atoms with Gasteiger partial charge in [0, 0.05) is 55.6 Å². The van der Waals surface area contributed by atoms with Gasteiger partial charge in [-0.1, -0.05) is 23.6 Å². The van der Waals surface area contributed by atoms with E-state index >= 15 is 0 Å². The number of hydrogen-bond acceptors (Lipinski definition) is 8. The van der Waals surface area contributed by atoms with Gasteiger partial charge >= 0.3 is 0 Å². The lowest BCUT2D eigenvalue weighted by atomic mass is 10.1. The summed E-state index contributed by atoms with van der Waals surface area (Å²) in [5.41, 5.74) is 8.44. The number of nitrogens with zero attached hydrogens (tertiary/aromatic N) is 5. The number of fused-ring (bicyclic) bond motifs is 1. The average molecular weight is 474 g/mol. The van der Waals surface area contributed by atoms with Crippen molar-refractivity contribution in [3.8, 4) is 17.7 Å². The van der Waals surface area contributed by atoms with Gasteiger partial charge in [-0.15, -0.1) is 0 Å². The Morgan fingerprint density at radius 2 is 1.97 bits per heavy atom. The van der Waals surface area contributed by atoms with Crippen LogP contribution in [0.3, 0.4) is 0 Å². The summed E-state index contributed by atoms with van der Waals surface area (Å²) in [6, 6.07) is 11.1. The van der Waals surface area contributed by atoms with E-state index in [1.165, 1.54) is 0 Å². The molecule has 9 heteroatoms. The van der Waals surface area contributed by atoms with Crippen molar-refractivity contribution in [3.05, 3.63) is 77.0 Å². The molecule has 34 heavy (non-hydrogen) atoms.